The summed E-state index contributed by atoms with van der Waals surface area (Å²) in [4.78, 5) is 12.3. The summed E-state index contributed by atoms with van der Waals surface area (Å²) in [6.07, 6.45) is 5.45. The van der Waals surface area contributed by atoms with Crippen molar-refractivity contribution >= 4 is 5.97 Å². The number of hydrogen-bond donors (Lipinski definition) is 1. The standard InChI is InChI=1S/C24H32N2O4/c1-24(2,3)30-22(23(27)28)21-19(20(25-26(21)4)15-8-5-6-9-15)17-11-12-18-16(14-17)10-7-13-29-18/h11-12,14-15,22H,5-10,13H2,1-4H3,(H,27,28). The molecule has 1 atom stereocenters. The average Bonchev–Trinajstić information content (AvgIpc) is 3.32. The molecule has 4 rings (SSSR count). The van der Waals surface area contributed by atoms with Crippen LogP contribution >= 0.6 is 0 Å². The van der Waals surface area contributed by atoms with Crippen LogP contribution in [0.4, 0.5) is 0 Å². The monoisotopic (exact) mass is 412 g/mol. The summed E-state index contributed by atoms with van der Waals surface area (Å²) in [6.45, 7) is 6.39. The molecule has 30 heavy (non-hydrogen) atoms. The lowest BCUT2D eigenvalue weighted by molar-refractivity contribution is -0.161. The first kappa shape index (κ1) is 20.9. The van der Waals surface area contributed by atoms with Crippen LogP contribution in [-0.4, -0.2) is 33.1 Å². The molecule has 1 N–H and O–H groups in total. The molecular formula is C24H32N2O4. The van der Waals surface area contributed by atoms with Gasteiger partial charge in [-0.3, -0.25) is 4.68 Å². The molecule has 2 heterocycles. The van der Waals surface area contributed by atoms with Gasteiger partial charge >= 0.3 is 5.97 Å². The summed E-state index contributed by atoms with van der Waals surface area (Å²) in [5, 5.41) is 14.9. The molecule has 0 bridgehead atoms. The van der Waals surface area contributed by atoms with Gasteiger partial charge in [0.2, 0.25) is 0 Å². The summed E-state index contributed by atoms with van der Waals surface area (Å²) >= 11 is 0. The van der Waals surface area contributed by atoms with Gasteiger partial charge in [-0.05, 0) is 69.7 Å². The van der Waals surface area contributed by atoms with Gasteiger partial charge in [0, 0.05) is 18.5 Å². The van der Waals surface area contributed by atoms with Crippen molar-refractivity contribution in [3.05, 3.63) is 35.2 Å². The quantitative estimate of drug-likeness (QED) is 0.747. The highest BCUT2D eigenvalue weighted by Gasteiger charge is 2.36. The van der Waals surface area contributed by atoms with E-state index in [0.717, 1.165) is 54.9 Å². The maximum absolute atomic E-state index is 12.3. The van der Waals surface area contributed by atoms with Crippen LogP contribution in [0.2, 0.25) is 0 Å². The Morgan fingerprint density at radius 2 is 2.00 bits per heavy atom. The maximum atomic E-state index is 12.3. The van der Waals surface area contributed by atoms with E-state index in [1.807, 2.05) is 40.0 Å². The molecule has 1 aromatic heterocycles. The summed E-state index contributed by atoms with van der Waals surface area (Å²) in [7, 11) is 1.83. The number of aryl methyl sites for hydroxylation is 2. The highest BCUT2D eigenvalue weighted by Crippen LogP contribution is 2.44. The molecule has 1 unspecified atom stereocenters. The lowest BCUT2D eigenvalue weighted by Gasteiger charge is -2.26. The minimum absolute atomic E-state index is 0.358. The average molecular weight is 413 g/mol. The fraction of sp³-hybridized carbons (Fsp3) is 0.583. The van der Waals surface area contributed by atoms with Crippen LogP contribution in [0.3, 0.4) is 0 Å². The molecule has 1 aromatic carbocycles. The number of hydrogen-bond acceptors (Lipinski definition) is 4. The molecular weight excluding hydrogens is 380 g/mol. The van der Waals surface area contributed by atoms with E-state index in [-0.39, 0.29) is 0 Å². The fourth-order valence-electron chi connectivity index (χ4n) is 4.73. The summed E-state index contributed by atoms with van der Waals surface area (Å²) in [5.41, 5.74) is 4.14. The molecule has 162 valence electrons. The van der Waals surface area contributed by atoms with Crippen LogP contribution in [-0.2, 0) is 23.0 Å². The van der Waals surface area contributed by atoms with Crippen molar-refractivity contribution in [2.45, 2.75) is 76.9 Å². The van der Waals surface area contributed by atoms with Crippen LogP contribution in [0.5, 0.6) is 5.75 Å². The van der Waals surface area contributed by atoms with E-state index >= 15 is 0 Å². The molecule has 1 aliphatic heterocycles. The number of ether oxygens (including phenoxy) is 2. The molecule has 6 heteroatoms. The second-order valence-corrected chi connectivity index (χ2v) is 9.47. The second kappa shape index (κ2) is 8.06. The number of rotatable bonds is 5. The molecule has 0 spiro atoms. The maximum Gasteiger partial charge on any atom is 0.339 e. The zero-order valence-corrected chi connectivity index (χ0v) is 18.4. The minimum atomic E-state index is -1.08. The first-order valence-corrected chi connectivity index (χ1v) is 11.0. The van der Waals surface area contributed by atoms with Gasteiger partial charge in [0.05, 0.1) is 23.6 Å². The van der Waals surface area contributed by atoms with E-state index in [1.54, 1.807) is 4.68 Å². The van der Waals surface area contributed by atoms with Gasteiger partial charge < -0.3 is 14.6 Å². The van der Waals surface area contributed by atoms with Crippen molar-refractivity contribution in [3.63, 3.8) is 0 Å². The molecule has 2 aliphatic rings. The molecule has 2 aromatic rings. The van der Waals surface area contributed by atoms with Crippen LogP contribution in [0, 0.1) is 0 Å². The van der Waals surface area contributed by atoms with E-state index in [1.165, 1.54) is 18.4 Å². The van der Waals surface area contributed by atoms with Gasteiger partial charge in [-0.2, -0.15) is 5.10 Å². The zero-order chi connectivity index (χ0) is 21.5. The lowest BCUT2D eigenvalue weighted by Crippen LogP contribution is -2.29. The Bertz CT molecular complexity index is 935. The Kier molecular flexibility index (Phi) is 5.62. The molecule has 0 radical (unpaired) electrons. The Hall–Kier alpha value is -2.34. The topological polar surface area (TPSA) is 73.6 Å². The zero-order valence-electron chi connectivity index (χ0n) is 18.4. The Balaban J connectivity index is 1.89. The van der Waals surface area contributed by atoms with Crippen LogP contribution in [0.15, 0.2) is 18.2 Å². The van der Waals surface area contributed by atoms with E-state index in [4.69, 9.17) is 14.6 Å². The molecule has 1 aliphatic carbocycles. The summed E-state index contributed by atoms with van der Waals surface area (Å²) in [5.74, 6) is 0.295. The molecule has 6 nitrogen and oxygen atoms in total. The van der Waals surface area contributed by atoms with Gasteiger partial charge in [0.15, 0.2) is 6.10 Å². The molecule has 0 saturated heterocycles. The number of nitrogens with zero attached hydrogens (tertiary/aromatic N) is 2. The van der Waals surface area contributed by atoms with Crippen LogP contribution in [0.1, 0.15) is 81.8 Å². The fourth-order valence-corrected chi connectivity index (χ4v) is 4.73. The van der Waals surface area contributed by atoms with Crippen molar-refractivity contribution in [3.8, 4) is 16.9 Å². The van der Waals surface area contributed by atoms with Crippen LogP contribution < -0.4 is 4.74 Å². The lowest BCUT2D eigenvalue weighted by atomic mass is 9.91. The summed E-state index contributed by atoms with van der Waals surface area (Å²) in [6, 6.07) is 6.21. The minimum Gasteiger partial charge on any atom is -0.493 e. The molecule has 1 saturated carbocycles. The second-order valence-electron chi connectivity index (χ2n) is 9.47. The van der Waals surface area contributed by atoms with Gasteiger partial charge in [-0.15, -0.1) is 0 Å². The van der Waals surface area contributed by atoms with E-state index in [0.29, 0.717) is 11.6 Å². The van der Waals surface area contributed by atoms with Crippen molar-refractivity contribution in [1.82, 2.24) is 9.78 Å². The van der Waals surface area contributed by atoms with Crippen molar-refractivity contribution in [1.29, 1.82) is 0 Å². The van der Waals surface area contributed by atoms with E-state index < -0.39 is 17.7 Å². The van der Waals surface area contributed by atoms with Gasteiger partial charge in [0.25, 0.3) is 0 Å². The Morgan fingerprint density at radius 3 is 2.67 bits per heavy atom. The Labute approximate surface area is 178 Å². The van der Waals surface area contributed by atoms with Crippen molar-refractivity contribution in [2.24, 2.45) is 7.05 Å². The predicted molar refractivity (Wildman–Crippen MR) is 115 cm³/mol. The smallest absolute Gasteiger partial charge is 0.339 e. The largest absolute Gasteiger partial charge is 0.493 e. The van der Waals surface area contributed by atoms with Crippen molar-refractivity contribution < 1.29 is 19.4 Å². The Morgan fingerprint density at radius 1 is 1.27 bits per heavy atom. The van der Waals surface area contributed by atoms with Gasteiger partial charge in [0.1, 0.15) is 5.75 Å². The number of carboxylic acids is 1. The number of carboxylic acid groups (broad SMARTS) is 1. The predicted octanol–water partition coefficient (Wildman–Crippen LogP) is 5.01. The molecule has 1 fully saturated rings. The molecule has 0 amide bonds. The first-order chi connectivity index (χ1) is 14.2. The third-order valence-corrected chi connectivity index (χ3v) is 6.00. The number of aromatic nitrogens is 2. The van der Waals surface area contributed by atoms with E-state index in [9.17, 15) is 9.90 Å². The van der Waals surface area contributed by atoms with Gasteiger partial charge in [-0.1, -0.05) is 18.9 Å². The highest BCUT2D eigenvalue weighted by atomic mass is 16.5. The first-order valence-electron chi connectivity index (χ1n) is 11.0. The number of aliphatic carboxylic acids is 1. The summed E-state index contributed by atoms with van der Waals surface area (Å²) < 4.78 is 13.5. The third-order valence-electron chi connectivity index (χ3n) is 6.00. The van der Waals surface area contributed by atoms with E-state index in [2.05, 4.69) is 6.07 Å². The third kappa shape index (κ3) is 4.10. The number of fused-ring (bicyclic) bond motifs is 1. The SMILES string of the molecule is Cn1nc(C2CCCC2)c(-c2ccc3c(c2)CCCO3)c1C(OC(C)(C)C)C(=O)O. The normalized spacial score (nSPS) is 18.1. The number of benzene rings is 1. The van der Waals surface area contributed by atoms with Crippen LogP contribution in [0.25, 0.3) is 11.1 Å². The number of carbonyl (C=O) groups is 1. The van der Waals surface area contributed by atoms with Crippen molar-refractivity contribution in [2.75, 3.05) is 6.61 Å². The van der Waals surface area contributed by atoms with Gasteiger partial charge in [-0.25, -0.2) is 4.79 Å². The highest BCUT2D eigenvalue weighted by molar-refractivity contribution is 5.80.